The Hall–Kier alpha value is -1.60. The van der Waals surface area contributed by atoms with E-state index in [1.165, 1.54) is 4.68 Å². The molecule has 0 bridgehead atoms. The summed E-state index contributed by atoms with van der Waals surface area (Å²) in [7, 11) is -0.272. The van der Waals surface area contributed by atoms with Crippen LogP contribution in [-0.2, 0) is 6.54 Å². The number of methoxy groups -OCH3 is 1. The first kappa shape index (κ1) is 16.8. The zero-order valence-electron chi connectivity index (χ0n) is 13.1. The second kappa shape index (κ2) is 6.25. The summed E-state index contributed by atoms with van der Waals surface area (Å²) in [4.78, 5) is 12.3. The van der Waals surface area contributed by atoms with Crippen LogP contribution in [0.2, 0.25) is 19.6 Å². The zero-order chi connectivity index (χ0) is 16.5. The van der Waals surface area contributed by atoms with Crippen molar-refractivity contribution in [2.24, 2.45) is 0 Å². The van der Waals surface area contributed by atoms with Gasteiger partial charge in [-0.15, -0.1) is 4.68 Å². The number of halogens is 1. The Kier molecular flexibility index (Phi) is 4.77. The van der Waals surface area contributed by atoms with Crippen molar-refractivity contribution in [2.45, 2.75) is 26.2 Å². The van der Waals surface area contributed by atoms with Gasteiger partial charge in [-0.05, 0) is 33.6 Å². The molecule has 1 aromatic heterocycles. The molecule has 22 heavy (non-hydrogen) atoms. The first-order valence-electron chi connectivity index (χ1n) is 6.90. The van der Waals surface area contributed by atoms with Gasteiger partial charge >= 0.3 is 0 Å². The van der Waals surface area contributed by atoms with E-state index >= 15 is 0 Å². The number of ether oxygens (including phenoxy) is 1. The van der Waals surface area contributed by atoms with Crippen LogP contribution in [0.5, 0.6) is 5.75 Å². The van der Waals surface area contributed by atoms with E-state index in [2.05, 4.69) is 35.6 Å². The van der Waals surface area contributed by atoms with Crippen LogP contribution in [0.15, 0.2) is 28.7 Å². The average Bonchev–Trinajstić information content (AvgIpc) is 2.70. The van der Waals surface area contributed by atoms with Gasteiger partial charge in [0.15, 0.2) is 20.1 Å². The molecule has 0 atom stereocenters. The summed E-state index contributed by atoms with van der Waals surface area (Å²) in [5, 5.41) is 13.3. The van der Waals surface area contributed by atoms with Crippen molar-refractivity contribution in [1.29, 1.82) is 0 Å². The molecule has 0 aliphatic carbocycles. The van der Waals surface area contributed by atoms with Gasteiger partial charge in [-0.1, -0.05) is 36.6 Å². The second-order valence-electron chi connectivity index (χ2n) is 6.09. The van der Waals surface area contributed by atoms with Crippen LogP contribution in [0.1, 0.15) is 16.1 Å². The van der Waals surface area contributed by atoms with E-state index in [0.29, 0.717) is 22.0 Å². The number of benzene rings is 1. The molecular formula is C15H19BrN2O3Si. The van der Waals surface area contributed by atoms with E-state index in [1.54, 1.807) is 7.11 Å². The van der Waals surface area contributed by atoms with Crippen molar-refractivity contribution in [3.63, 3.8) is 0 Å². The third-order valence-corrected chi connectivity index (χ3v) is 6.44. The molecule has 0 saturated heterocycles. The first-order valence-corrected chi connectivity index (χ1v) is 11.2. The van der Waals surface area contributed by atoms with Crippen LogP contribution in [0.25, 0.3) is 0 Å². The highest BCUT2D eigenvalue weighted by atomic mass is 79.9. The highest BCUT2D eigenvalue weighted by molar-refractivity contribution is 9.10. The van der Waals surface area contributed by atoms with Crippen molar-refractivity contribution in [2.75, 3.05) is 7.11 Å². The molecule has 2 aromatic rings. The highest BCUT2D eigenvalue weighted by Crippen LogP contribution is 2.18. The van der Waals surface area contributed by atoms with Crippen molar-refractivity contribution in [3.05, 3.63) is 45.2 Å². The summed E-state index contributed by atoms with van der Waals surface area (Å²) in [5.74, 6) is 0.755. The normalized spacial score (nSPS) is 11.5. The van der Waals surface area contributed by atoms with Crippen molar-refractivity contribution < 1.29 is 14.4 Å². The second-order valence-corrected chi connectivity index (χ2v) is 11.9. The fraction of sp³-hybridized carbons (Fsp3) is 0.333. The molecular weight excluding hydrogens is 364 g/mol. The summed E-state index contributed by atoms with van der Waals surface area (Å²) >= 11 is 3.43. The molecule has 0 aliphatic heterocycles. The fourth-order valence-electron chi connectivity index (χ4n) is 2.32. The molecule has 2 rings (SSSR count). The smallest absolute Gasteiger partial charge is 0.205 e. The van der Waals surface area contributed by atoms with Gasteiger partial charge in [0.25, 0.3) is 0 Å². The van der Waals surface area contributed by atoms with Crippen LogP contribution in [0.4, 0.5) is 0 Å². The summed E-state index contributed by atoms with van der Waals surface area (Å²) in [5.41, 5.74) is 1.31. The van der Waals surface area contributed by atoms with Crippen LogP contribution in [0, 0.1) is 5.21 Å². The molecule has 0 aliphatic rings. The van der Waals surface area contributed by atoms with Crippen molar-refractivity contribution in [3.8, 4) is 5.75 Å². The molecule has 0 spiro atoms. The Morgan fingerprint density at radius 3 is 2.36 bits per heavy atom. The van der Waals surface area contributed by atoms with Gasteiger partial charge in [-0.2, -0.15) is 0 Å². The lowest BCUT2D eigenvalue weighted by Crippen LogP contribution is -2.60. The molecule has 7 heteroatoms. The Morgan fingerprint density at radius 1 is 1.32 bits per heavy atom. The Balaban J connectivity index is 2.48. The monoisotopic (exact) mass is 382 g/mol. The van der Waals surface area contributed by atoms with Crippen LogP contribution < -0.4 is 14.9 Å². The van der Waals surface area contributed by atoms with Gasteiger partial charge in [0, 0.05) is 0 Å². The van der Waals surface area contributed by atoms with Crippen molar-refractivity contribution >= 4 is 35.6 Å². The largest absolute Gasteiger partial charge is 0.596 e. The lowest BCUT2D eigenvalue weighted by Gasteiger charge is -2.13. The quantitative estimate of drug-likeness (QED) is 0.345. The van der Waals surface area contributed by atoms with E-state index in [9.17, 15) is 10.0 Å². The van der Waals surface area contributed by atoms with Crippen LogP contribution >= 0.6 is 15.9 Å². The van der Waals surface area contributed by atoms with Crippen LogP contribution in [0.3, 0.4) is 0 Å². The van der Waals surface area contributed by atoms with Gasteiger partial charge < -0.3 is 9.94 Å². The highest BCUT2D eigenvalue weighted by Gasteiger charge is 2.36. The van der Waals surface area contributed by atoms with E-state index in [-0.39, 0.29) is 0 Å². The van der Waals surface area contributed by atoms with Gasteiger partial charge in [0.1, 0.15) is 16.8 Å². The molecule has 1 aromatic carbocycles. The SMILES string of the molecule is COc1ccc(Cn2c(C=O)c(Br)c([Si](C)(C)C)[n+]2[O-])cc1. The lowest BCUT2D eigenvalue weighted by molar-refractivity contribution is -0.677. The minimum atomic E-state index is -1.88. The number of rotatable bonds is 5. The minimum absolute atomic E-state index is 0.338. The molecule has 1 heterocycles. The fourth-order valence-corrected chi connectivity index (χ4v) is 6.03. The van der Waals surface area contributed by atoms with Gasteiger partial charge in [-0.3, -0.25) is 4.79 Å². The Labute approximate surface area is 139 Å². The van der Waals surface area contributed by atoms with E-state index in [1.807, 2.05) is 24.3 Å². The Bertz CT molecular complexity index is 690. The third kappa shape index (κ3) is 3.10. The first-order chi connectivity index (χ1) is 10.3. The summed E-state index contributed by atoms with van der Waals surface area (Å²) < 4.78 is 7.20. The van der Waals surface area contributed by atoms with Gasteiger partial charge in [-0.25, -0.2) is 0 Å². The summed E-state index contributed by atoms with van der Waals surface area (Å²) in [6.07, 6.45) is 0.728. The van der Waals surface area contributed by atoms with E-state index in [0.717, 1.165) is 22.4 Å². The number of carbonyl (C=O) groups excluding carboxylic acids is 1. The number of hydrogen-bond acceptors (Lipinski definition) is 3. The van der Waals surface area contributed by atoms with Crippen molar-refractivity contribution in [1.82, 2.24) is 4.68 Å². The predicted molar refractivity (Wildman–Crippen MR) is 91.6 cm³/mol. The summed E-state index contributed by atoms with van der Waals surface area (Å²) in [6, 6.07) is 7.44. The molecule has 0 radical (unpaired) electrons. The third-order valence-electron chi connectivity index (χ3n) is 3.43. The maximum absolute atomic E-state index is 12.6. The maximum atomic E-state index is 12.6. The van der Waals surface area contributed by atoms with Gasteiger partial charge in [0.05, 0.1) is 7.11 Å². The van der Waals surface area contributed by atoms with Crippen LogP contribution in [-0.4, -0.2) is 26.2 Å². The molecule has 0 fully saturated rings. The average molecular weight is 383 g/mol. The number of aldehydes is 1. The molecule has 0 amide bonds. The molecule has 0 unspecified atom stereocenters. The zero-order valence-corrected chi connectivity index (χ0v) is 15.7. The summed E-state index contributed by atoms with van der Waals surface area (Å²) in [6.45, 7) is 6.57. The van der Waals surface area contributed by atoms with E-state index < -0.39 is 8.07 Å². The molecule has 0 saturated carbocycles. The molecule has 5 nitrogen and oxygen atoms in total. The number of carbonyl (C=O) groups is 1. The topological polar surface area (TPSA) is 58.2 Å². The lowest BCUT2D eigenvalue weighted by atomic mass is 10.2. The number of aromatic nitrogens is 2. The molecule has 118 valence electrons. The number of nitrogens with zero attached hydrogens (tertiary/aromatic N) is 2. The maximum Gasteiger partial charge on any atom is 0.205 e. The molecule has 0 N–H and O–H groups in total. The van der Waals surface area contributed by atoms with E-state index in [4.69, 9.17) is 4.74 Å². The Morgan fingerprint density at radius 2 is 1.91 bits per heavy atom. The standard InChI is InChI=1S/C15H19BrN2O3Si/c1-21-12-7-5-11(6-8-12)9-17-13(10-19)14(16)15(18(17)20)22(2,3)4/h5-8,10H,9H2,1-4H3. The predicted octanol–water partition coefficient (Wildman–Crippen LogP) is 2.30. The minimum Gasteiger partial charge on any atom is -0.596 e. The number of hydrogen-bond donors (Lipinski definition) is 0. The van der Waals surface area contributed by atoms with Gasteiger partial charge in [0.2, 0.25) is 5.32 Å².